The molecule has 1 aromatic heterocycles. The fourth-order valence-corrected chi connectivity index (χ4v) is 2.42. The minimum atomic E-state index is -0.806. The Kier molecular flexibility index (Phi) is 5.00. The molecule has 21 heavy (non-hydrogen) atoms. The van der Waals surface area contributed by atoms with Crippen molar-refractivity contribution >= 4 is 11.6 Å². The SMILES string of the molecule is CCCNC(C#N)(Cn1cc(Cl)c(C)n1)c1ccccc1. The Hall–Kier alpha value is -1.83. The van der Waals surface area contributed by atoms with E-state index in [1.54, 1.807) is 10.9 Å². The second-order valence-electron chi connectivity index (χ2n) is 5.07. The van der Waals surface area contributed by atoms with Gasteiger partial charge in [0.2, 0.25) is 0 Å². The second-order valence-corrected chi connectivity index (χ2v) is 5.48. The first-order valence-corrected chi connectivity index (χ1v) is 7.40. The summed E-state index contributed by atoms with van der Waals surface area (Å²) in [5, 5.41) is 18.2. The summed E-state index contributed by atoms with van der Waals surface area (Å²) in [7, 11) is 0. The maximum Gasteiger partial charge on any atom is 0.152 e. The molecule has 4 nitrogen and oxygen atoms in total. The van der Waals surface area contributed by atoms with Gasteiger partial charge in [-0.2, -0.15) is 10.4 Å². The molecule has 0 aliphatic heterocycles. The third kappa shape index (κ3) is 3.44. The highest BCUT2D eigenvalue weighted by atomic mass is 35.5. The molecule has 5 heteroatoms. The molecule has 1 unspecified atom stereocenters. The van der Waals surface area contributed by atoms with Gasteiger partial charge in [-0.15, -0.1) is 0 Å². The number of aryl methyl sites for hydroxylation is 1. The van der Waals surface area contributed by atoms with E-state index >= 15 is 0 Å². The molecule has 0 spiro atoms. The van der Waals surface area contributed by atoms with E-state index < -0.39 is 5.54 Å². The molecule has 110 valence electrons. The summed E-state index contributed by atoms with van der Waals surface area (Å²) < 4.78 is 1.73. The molecular weight excluding hydrogens is 284 g/mol. The van der Waals surface area contributed by atoms with Gasteiger partial charge in [-0.05, 0) is 25.5 Å². The smallest absolute Gasteiger partial charge is 0.152 e. The van der Waals surface area contributed by atoms with Gasteiger partial charge in [0.05, 0.1) is 23.3 Å². The molecule has 2 aromatic rings. The van der Waals surface area contributed by atoms with Crippen LogP contribution >= 0.6 is 11.6 Å². The number of halogens is 1. The third-order valence-electron chi connectivity index (χ3n) is 3.42. The van der Waals surface area contributed by atoms with Crippen molar-refractivity contribution in [3.05, 3.63) is 52.8 Å². The van der Waals surface area contributed by atoms with Gasteiger partial charge in [-0.3, -0.25) is 10.00 Å². The van der Waals surface area contributed by atoms with Crippen LogP contribution in [-0.4, -0.2) is 16.3 Å². The van der Waals surface area contributed by atoms with E-state index in [1.165, 1.54) is 0 Å². The lowest BCUT2D eigenvalue weighted by Gasteiger charge is -2.28. The van der Waals surface area contributed by atoms with Crippen LogP contribution in [0.5, 0.6) is 0 Å². The van der Waals surface area contributed by atoms with Crippen molar-refractivity contribution in [2.45, 2.75) is 32.4 Å². The predicted molar refractivity (Wildman–Crippen MR) is 84.0 cm³/mol. The number of aromatic nitrogens is 2. The van der Waals surface area contributed by atoms with Crippen LogP contribution in [0.25, 0.3) is 0 Å². The zero-order valence-electron chi connectivity index (χ0n) is 12.3. The normalized spacial score (nSPS) is 13.6. The molecule has 0 saturated carbocycles. The Morgan fingerprint density at radius 2 is 2.10 bits per heavy atom. The van der Waals surface area contributed by atoms with E-state index in [9.17, 15) is 5.26 Å². The van der Waals surface area contributed by atoms with Gasteiger partial charge in [-0.1, -0.05) is 48.9 Å². The molecule has 0 amide bonds. The van der Waals surface area contributed by atoms with Crippen molar-refractivity contribution in [1.29, 1.82) is 5.26 Å². The fraction of sp³-hybridized carbons (Fsp3) is 0.375. The monoisotopic (exact) mass is 302 g/mol. The standard InChI is InChI=1S/C16H19ClN4/c1-3-9-19-16(11-18,14-7-5-4-6-8-14)12-21-10-15(17)13(2)20-21/h4-8,10,19H,3,9,12H2,1-2H3. The number of nitriles is 1. The highest BCUT2D eigenvalue weighted by molar-refractivity contribution is 6.31. The van der Waals surface area contributed by atoms with E-state index in [-0.39, 0.29) is 0 Å². The minimum absolute atomic E-state index is 0.418. The first kappa shape index (κ1) is 15.6. The summed E-state index contributed by atoms with van der Waals surface area (Å²) in [6.07, 6.45) is 2.72. The van der Waals surface area contributed by atoms with Gasteiger partial charge in [0.15, 0.2) is 5.54 Å². The summed E-state index contributed by atoms with van der Waals surface area (Å²) in [6, 6.07) is 12.2. The summed E-state index contributed by atoms with van der Waals surface area (Å²) in [6.45, 7) is 5.11. The molecule has 0 fully saturated rings. The average Bonchev–Trinajstić information content (AvgIpc) is 2.82. The van der Waals surface area contributed by atoms with Crippen molar-refractivity contribution in [2.75, 3.05) is 6.54 Å². The Labute approximate surface area is 130 Å². The summed E-state index contributed by atoms with van der Waals surface area (Å²) >= 11 is 6.07. The van der Waals surface area contributed by atoms with Crippen LogP contribution < -0.4 is 5.32 Å². The third-order valence-corrected chi connectivity index (χ3v) is 3.79. The van der Waals surface area contributed by atoms with Crippen molar-refractivity contribution in [3.63, 3.8) is 0 Å². The summed E-state index contributed by atoms with van der Waals surface area (Å²) in [5.41, 5.74) is 0.899. The zero-order valence-corrected chi connectivity index (χ0v) is 13.1. The van der Waals surface area contributed by atoms with E-state index in [1.807, 2.05) is 37.3 Å². The topological polar surface area (TPSA) is 53.6 Å². The van der Waals surface area contributed by atoms with Crippen LogP contribution in [-0.2, 0) is 12.1 Å². The van der Waals surface area contributed by atoms with Gasteiger partial charge in [0.1, 0.15) is 0 Å². The molecule has 1 heterocycles. The maximum atomic E-state index is 9.81. The zero-order chi connectivity index (χ0) is 15.3. The van der Waals surface area contributed by atoms with E-state index in [4.69, 9.17) is 11.6 Å². The number of hydrogen-bond acceptors (Lipinski definition) is 3. The molecule has 1 N–H and O–H groups in total. The summed E-state index contributed by atoms with van der Waals surface area (Å²) in [5.74, 6) is 0. The Balaban J connectivity index is 2.38. The Morgan fingerprint density at radius 3 is 2.62 bits per heavy atom. The molecule has 0 saturated heterocycles. The van der Waals surface area contributed by atoms with Gasteiger partial charge < -0.3 is 0 Å². The number of benzene rings is 1. The number of hydrogen-bond donors (Lipinski definition) is 1. The largest absolute Gasteiger partial charge is 0.294 e. The van der Waals surface area contributed by atoms with Crippen LogP contribution in [0.1, 0.15) is 24.6 Å². The van der Waals surface area contributed by atoms with E-state index in [2.05, 4.69) is 23.4 Å². The Bertz CT molecular complexity index is 610. The molecule has 0 bridgehead atoms. The van der Waals surface area contributed by atoms with Crippen molar-refractivity contribution in [2.24, 2.45) is 0 Å². The van der Waals surface area contributed by atoms with Crippen LogP contribution in [0.4, 0.5) is 0 Å². The van der Waals surface area contributed by atoms with E-state index in [0.717, 1.165) is 24.2 Å². The summed E-state index contributed by atoms with van der Waals surface area (Å²) in [4.78, 5) is 0. The quantitative estimate of drug-likeness (QED) is 0.891. The number of nitrogens with zero attached hydrogens (tertiary/aromatic N) is 3. The first-order valence-electron chi connectivity index (χ1n) is 7.02. The van der Waals surface area contributed by atoms with Gasteiger partial charge >= 0.3 is 0 Å². The van der Waals surface area contributed by atoms with Crippen molar-refractivity contribution < 1.29 is 0 Å². The van der Waals surface area contributed by atoms with Crippen LogP contribution in [0.15, 0.2) is 36.5 Å². The van der Waals surface area contributed by atoms with Crippen LogP contribution in [0, 0.1) is 18.3 Å². The number of nitrogens with one attached hydrogen (secondary N) is 1. The molecule has 0 aliphatic carbocycles. The van der Waals surface area contributed by atoms with Crippen molar-refractivity contribution in [1.82, 2.24) is 15.1 Å². The maximum absolute atomic E-state index is 9.81. The highest BCUT2D eigenvalue weighted by Crippen LogP contribution is 2.24. The molecule has 0 radical (unpaired) electrons. The molecule has 1 aromatic carbocycles. The molecule has 2 rings (SSSR count). The second kappa shape index (κ2) is 6.75. The van der Waals surface area contributed by atoms with Crippen LogP contribution in [0.2, 0.25) is 5.02 Å². The Morgan fingerprint density at radius 1 is 1.38 bits per heavy atom. The lowest BCUT2D eigenvalue weighted by molar-refractivity contribution is 0.351. The molecule has 1 atom stereocenters. The minimum Gasteiger partial charge on any atom is -0.294 e. The highest BCUT2D eigenvalue weighted by Gasteiger charge is 2.32. The molecular formula is C16H19ClN4. The van der Waals surface area contributed by atoms with Crippen LogP contribution in [0.3, 0.4) is 0 Å². The fourth-order valence-electron chi connectivity index (χ4n) is 2.27. The lowest BCUT2D eigenvalue weighted by Crippen LogP contribution is -2.45. The van der Waals surface area contributed by atoms with Crippen molar-refractivity contribution in [3.8, 4) is 6.07 Å². The van der Waals surface area contributed by atoms with Gasteiger partial charge in [0.25, 0.3) is 0 Å². The first-order chi connectivity index (χ1) is 10.1. The molecule has 0 aliphatic rings. The average molecular weight is 303 g/mol. The number of rotatable bonds is 6. The van der Waals surface area contributed by atoms with Gasteiger partial charge in [0, 0.05) is 6.20 Å². The van der Waals surface area contributed by atoms with E-state index in [0.29, 0.717) is 11.6 Å². The lowest BCUT2D eigenvalue weighted by atomic mass is 9.91. The van der Waals surface area contributed by atoms with Gasteiger partial charge in [-0.25, -0.2) is 0 Å². The predicted octanol–water partition coefficient (Wildman–Crippen LogP) is 3.26.